The van der Waals surface area contributed by atoms with Gasteiger partial charge < -0.3 is 14.8 Å². The molecule has 0 fully saturated rings. The maximum Gasteiger partial charge on any atom is 0.230 e. The fraction of sp³-hybridized carbons (Fsp3) is 0.263. The van der Waals surface area contributed by atoms with Crippen molar-refractivity contribution in [1.29, 1.82) is 0 Å². The minimum Gasteiger partial charge on any atom is -0.486 e. The van der Waals surface area contributed by atoms with Gasteiger partial charge in [0.05, 0.1) is 21.0 Å². The van der Waals surface area contributed by atoms with E-state index in [0.29, 0.717) is 25.5 Å². The molecule has 1 aromatic heterocycles. The maximum absolute atomic E-state index is 12.1. The molecule has 2 aromatic carbocycles. The molecule has 0 aliphatic carbocycles. The van der Waals surface area contributed by atoms with E-state index in [4.69, 9.17) is 9.47 Å². The molecule has 0 atom stereocenters. The lowest BCUT2D eigenvalue weighted by Crippen LogP contribution is -2.27. The summed E-state index contributed by atoms with van der Waals surface area (Å²) in [6.45, 7) is 1.74. The van der Waals surface area contributed by atoms with E-state index in [9.17, 15) is 4.79 Å². The maximum atomic E-state index is 12.1. The monoisotopic (exact) mass is 386 g/mol. The van der Waals surface area contributed by atoms with Gasteiger partial charge in [-0.25, -0.2) is 4.98 Å². The van der Waals surface area contributed by atoms with Gasteiger partial charge in [0, 0.05) is 17.9 Å². The number of para-hydroxylation sites is 1. The van der Waals surface area contributed by atoms with Gasteiger partial charge in [-0.05, 0) is 30.3 Å². The van der Waals surface area contributed by atoms with Crippen molar-refractivity contribution in [2.24, 2.45) is 0 Å². The van der Waals surface area contributed by atoms with Crippen LogP contribution < -0.4 is 14.8 Å². The molecule has 26 heavy (non-hydrogen) atoms. The second-order valence-electron chi connectivity index (χ2n) is 5.77. The number of fused-ring (bicyclic) bond motifs is 2. The highest BCUT2D eigenvalue weighted by molar-refractivity contribution is 8.00. The Morgan fingerprint density at radius 3 is 2.88 bits per heavy atom. The van der Waals surface area contributed by atoms with Crippen molar-refractivity contribution in [3.8, 4) is 11.5 Å². The number of carbonyl (C=O) groups excluding carboxylic acids is 1. The third-order valence-electron chi connectivity index (χ3n) is 3.88. The number of nitrogens with one attached hydrogen (secondary N) is 1. The number of rotatable bonds is 6. The summed E-state index contributed by atoms with van der Waals surface area (Å²) in [6, 6.07) is 13.9. The second-order valence-corrected chi connectivity index (χ2v) is 7.93. The van der Waals surface area contributed by atoms with Crippen LogP contribution in [0, 0.1) is 0 Å². The Hall–Kier alpha value is -2.25. The molecule has 1 aliphatic heterocycles. The Bertz CT molecular complexity index is 893. The van der Waals surface area contributed by atoms with Crippen LogP contribution in [-0.4, -0.2) is 36.4 Å². The van der Waals surface area contributed by atoms with E-state index in [2.05, 4.69) is 16.4 Å². The molecular weight excluding hydrogens is 368 g/mol. The van der Waals surface area contributed by atoms with Crippen LogP contribution in [-0.2, 0) is 11.2 Å². The molecule has 1 aliphatic rings. The summed E-state index contributed by atoms with van der Waals surface area (Å²) in [4.78, 5) is 17.6. The van der Waals surface area contributed by atoms with Crippen molar-refractivity contribution in [1.82, 2.24) is 10.3 Å². The van der Waals surface area contributed by atoms with Crippen molar-refractivity contribution in [3.05, 3.63) is 47.5 Å². The number of benzene rings is 2. The molecule has 0 radical (unpaired) electrons. The van der Waals surface area contributed by atoms with Crippen molar-refractivity contribution >= 4 is 39.2 Å². The van der Waals surface area contributed by atoms with Gasteiger partial charge in [-0.2, -0.15) is 0 Å². The normalized spacial score (nSPS) is 12.9. The van der Waals surface area contributed by atoms with Crippen molar-refractivity contribution in [2.45, 2.75) is 11.3 Å². The van der Waals surface area contributed by atoms with Gasteiger partial charge in [-0.3, -0.25) is 4.79 Å². The number of thiazole rings is 1. The van der Waals surface area contributed by atoms with E-state index in [1.54, 1.807) is 11.3 Å². The van der Waals surface area contributed by atoms with E-state index in [-0.39, 0.29) is 5.91 Å². The standard InChI is InChI=1S/C19H18N2O3S2/c22-18(12-25-13-5-6-15-16(11-13)24-10-9-23-15)20-8-7-19-21-14-3-1-2-4-17(14)26-19/h1-6,11H,7-10,12H2,(H,20,22). The van der Waals surface area contributed by atoms with E-state index in [1.807, 2.05) is 36.4 Å². The number of thioether (sulfide) groups is 1. The summed E-state index contributed by atoms with van der Waals surface area (Å²) >= 11 is 3.17. The second kappa shape index (κ2) is 7.97. The molecular formula is C19H18N2O3S2. The van der Waals surface area contributed by atoms with Crippen LogP contribution in [0.1, 0.15) is 5.01 Å². The zero-order valence-electron chi connectivity index (χ0n) is 14.1. The predicted molar refractivity (Wildman–Crippen MR) is 104 cm³/mol. The molecule has 5 nitrogen and oxygen atoms in total. The number of ether oxygens (including phenoxy) is 2. The van der Waals surface area contributed by atoms with Crippen LogP contribution in [0.4, 0.5) is 0 Å². The molecule has 1 N–H and O–H groups in total. The molecule has 2 heterocycles. The summed E-state index contributed by atoms with van der Waals surface area (Å²) in [5.41, 5.74) is 1.02. The minimum absolute atomic E-state index is 0.0194. The number of aromatic nitrogens is 1. The molecule has 134 valence electrons. The van der Waals surface area contributed by atoms with E-state index >= 15 is 0 Å². The fourth-order valence-corrected chi connectivity index (χ4v) is 4.37. The number of carbonyl (C=O) groups is 1. The van der Waals surface area contributed by atoms with Gasteiger partial charge in [0.1, 0.15) is 13.2 Å². The molecule has 0 spiro atoms. The highest BCUT2D eigenvalue weighted by atomic mass is 32.2. The van der Waals surface area contributed by atoms with Crippen LogP contribution in [0.15, 0.2) is 47.4 Å². The third-order valence-corrected chi connectivity index (χ3v) is 5.97. The van der Waals surface area contributed by atoms with Gasteiger partial charge in [0.2, 0.25) is 5.91 Å². The first-order chi connectivity index (χ1) is 12.8. The average Bonchev–Trinajstić information content (AvgIpc) is 3.09. The Balaban J connectivity index is 1.24. The highest BCUT2D eigenvalue weighted by Crippen LogP contribution is 2.34. The average molecular weight is 386 g/mol. The Labute approximate surface area is 159 Å². The fourth-order valence-electron chi connectivity index (χ4n) is 2.65. The highest BCUT2D eigenvalue weighted by Gasteiger charge is 2.12. The molecule has 4 rings (SSSR count). The summed E-state index contributed by atoms with van der Waals surface area (Å²) in [6.07, 6.45) is 0.750. The van der Waals surface area contributed by atoms with Gasteiger partial charge in [-0.15, -0.1) is 23.1 Å². The van der Waals surface area contributed by atoms with E-state index in [0.717, 1.165) is 33.3 Å². The van der Waals surface area contributed by atoms with Crippen molar-refractivity contribution in [3.63, 3.8) is 0 Å². The van der Waals surface area contributed by atoms with Gasteiger partial charge in [-0.1, -0.05) is 12.1 Å². The summed E-state index contributed by atoms with van der Waals surface area (Å²) in [5.74, 6) is 1.91. The lowest BCUT2D eigenvalue weighted by molar-refractivity contribution is -0.118. The first kappa shape index (κ1) is 17.2. The zero-order valence-corrected chi connectivity index (χ0v) is 15.7. The lowest BCUT2D eigenvalue weighted by Gasteiger charge is -2.18. The first-order valence-corrected chi connectivity index (χ1v) is 10.2. The van der Waals surface area contributed by atoms with Crippen LogP contribution in [0.2, 0.25) is 0 Å². The lowest BCUT2D eigenvalue weighted by atomic mass is 10.3. The topological polar surface area (TPSA) is 60.5 Å². The van der Waals surface area contributed by atoms with Crippen LogP contribution >= 0.6 is 23.1 Å². The molecule has 1 amide bonds. The number of nitrogens with zero attached hydrogens (tertiary/aromatic N) is 1. The molecule has 0 unspecified atom stereocenters. The van der Waals surface area contributed by atoms with Crippen LogP contribution in [0.25, 0.3) is 10.2 Å². The van der Waals surface area contributed by atoms with Gasteiger partial charge >= 0.3 is 0 Å². The molecule has 3 aromatic rings. The predicted octanol–water partition coefficient (Wildman–Crippen LogP) is 3.52. The minimum atomic E-state index is 0.0194. The van der Waals surface area contributed by atoms with Crippen molar-refractivity contribution in [2.75, 3.05) is 25.5 Å². The number of amides is 1. The molecule has 0 saturated heterocycles. The molecule has 7 heteroatoms. The Morgan fingerprint density at radius 2 is 2.00 bits per heavy atom. The van der Waals surface area contributed by atoms with Crippen LogP contribution in [0.5, 0.6) is 11.5 Å². The van der Waals surface area contributed by atoms with Gasteiger partial charge in [0.25, 0.3) is 0 Å². The van der Waals surface area contributed by atoms with Gasteiger partial charge in [0.15, 0.2) is 11.5 Å². The Kier molecular flexibility index (Phi) is 5.26. The van der Waals surface area contributed by atoms with E-state index < -0.39 is 0 Å². The molecule has 0 saturated carbocycles. The number of hydrogen-bond donors (Lipinski definition) is 1. The third kappa shape index (κ3) is 4.11. The Morgan fingerprint density at radius 1 is 1.15 bits per heavy atom. The number of hydrogen-bond acceptors (Lipinski definition) is 6. The SMILES string of the molecule is O=C(CSc1ccc2c(c1)OCCO2)NCCc1nc2ccccc2s1. The largest absolute Gasteiger partial charge is 0.486 e. The molecule has 0 bridgehead atoms. The quantitative estimate of drug-likeness (QED) is 0.657. The van der Waals surface area contributed by atoms with Crippen molar-refractivity contribution < 1.29 is 14.3 Å². The summed E-state index contributed by atoms with van der Waals surface area (Å²) in [7, 11) is 0. The summed E-state index contributed by atoms with van der Waals surface area (Å²) < 4.78 is 12.3. The van der Waals surface area contributed by atoms with E-state index in [1.165, 1.54) is 16.5 Å². The van der Waals surface area contributed by atoms with Crippen LogP contribution in [0.3, 0.4) is 0 Å². The first-order valence-electron chi connectivity index (χ1n) is 8.41. The zero-order chi connectivity index (χ0) is 17.8. The smallest absolute Gasteiger partial charge is 0.230 e. The summed E-state index contributed by atoms with van der Waals surface area (Å²) in [5, 5.41) is 4.01.